The van der Waals surface area contributed by atoms with Gasteiger partial charge in [-0.3, -0.25) is 0 Å². The Morgan fingerprint density at radius 1 is 1.12 bits per heavy atom. The van der Waals surface area contributed by atoms with Crippen molar-refractivity contribution in [2.24, 2.45) is 0 Å². The summed E-state index contributed by atoms with van der Waals surface area (Å²) in [5.41, 5.74) is 1.98. The van der Waals surface area contributed by atoms with Gasteiger partial charge in [0.15, 0.2) is 5.69 Å². The molecule has 2 heterocycles. The number of hydrogen-bond acceptors (Lipinski definition) is 5. The first-order chi connectivity index (χ1) is 11.6. The molecule has 3 aromatic rings. The van der Waals surface area contributed by atoms with Crippen LogP contribution in [0.15, 0.2) is 48.7 Å². The van der Waals surface area contributed by atoms with Crippen LogP contribution in [0.25, 0.3) is 16.9 Å². The Balaban J connectivity index is 2.14. The van der Waals surface area contributed by atoms with E-state index in [1.807, 2.05) is 24.3 Å². The van der Waals surface area contributed by atoms with Crippen molar-refractivity contribution < 1.29 is 19.4 Å². The first-order valence-corrected chi connectivity index (χ1v) is 7.10. The number of aromatic nitrogens is 3. The first kappa shape index (κ1) is 15.5. The normalized spacial score (nSPS) is 10.4. The van der Waals surface area contributed by atoms with Crippen molar-refractivity contribution in [1.29, 1.82) is 0 Å². The van der Waals surface area contributed by atoms with Gasteiger partial charge in [0.1, 0.15) is 5.75 Å². The van der Waals surface area contributed by atoms with E-state index in [1.165, 1.54) is 17.9 Å². The van der Waals surface area contributed by atoms with E-state index in [2.05, 4.69) is 10.1 Å². The fourth-order valence-corrected chi connectivity index (χ4v) is 2.29. The molecule has 0 aliphatic heterocycles. The van der Waals surface area contributed by atoms with Gasteiger partial charge in [0.2, 0.25) is 5.88 Å². The average molecular weight is 325 g/mol. The second-order valence-corrected chi connectivity index (χ2v) is 4.92. The van der Waals surface area contributed by atoms with E-state index < -0.39 is 5.97 Å². The summed E-state index contributed by atoms with van der Waals surface area (Å²) in [4.78, 5) is 15.5. The van der Waals surface area contributed by atoms with Gasteiger partial charge < -0.3 is 14.6 Å². The molecule has 0 saturated heterocycles. The predicted molar refractivity (Wildman–Crippen MR) is 86.9 cm³/mol. The number of carbonyl (C=O) groups is 1. The summed E-state index contributed by atoms with van der Waals surface area (Å²) < 4.78 is 11.8. The Morgan fingerprint density at radius 2 is 1.96 bits per heavy atom. The Morgan fingerprint density at radius 3 is 2.58 bits per heavy atom. The number of nitrogens with zero attached hydrogens (tertiary/aromatic N) is 3. The van der Waals surface area contributed by atoms with Gasteiger partial charge in [0.05, 0.1) is 31.8 Å². The molecule has 0 amide bonds. The number of aromatic carboxylic acids is 1. The topological polar surface area (TPSA) is 86.5 Å². The minimum atomic E-state index is -1.10. The molecule has 0 fully saturated rings. The highest BCUT2D eigenvalue weighted by Crippen LogP contribution is 2.27. The highest BCUT2D eigenvalue weighted by atomic mass is 16.5. The third-order valence-electron chi connectivity index (χ3n) is 3.47. The van der Waals surface area contributed by atoms with E-state index >= 15 is 0 Å². The van der Waals surface area contributed by atoms with Crippen molar-refractivity contribution in [2.75, 3.05) is 14.2 Å². The lowest BCUT2D eigenvalue weighted by Crippen LogP contribution is -2.03. The maximum Gasteiger partial charge on any atom is 0.356 e. The molecule has 0 unspecified atom stereocenters. The van der Waals surface area contributed by atoms with Crippen LogP contribution in [-0.2, 0) is 0 Å². The number of rotatable bonds is 5. The van der Waals surface area contributed by atoms with Gasteiger partial charge >= 0.3 is 5.97 Å². The summed E-state index contributed by atoms with van der Waals surface area (Å²) in [7, 11) is 3.10. The largest absolute Gasteiger partial charge is 0.497 e. The standard InChI is InChI=1S/C17H15N3O4/c1-23-13-5-3-4-11(8-13)15-9-14(17(21)22)19-20(15)12-6-7-16(24-2)18-10-12/h3-10H,1-2H3,(H,21,22). The van der Waals surface area contributed by atoms with Gasteiger partial charge in [-0.05, 0) is 24.3 Å². The molecule has 7 heteroatoms. The molecule has 122 valence electrons. The monoisotopic (exact) mass is 325 g/mol. The van der Waals surface area contributed by atoms with Crippen molar-refractivity contribution in [2.45, 2.75) is 0 Å². The maximum absolute atomic E-state index is 11.3. The Hall–Kier alpha value is -3.35. The zero-order valence-electron chi connectivity index (χ0n) is 13.1. The Kier molecular flexibility index (Phi) is 4.15. The number of benzene rings is 1. The highest BCUT2D eigenvalue weighted by Gasteiger charge is 2.16. The summed E-state index contributed by atoms with van der Waals surface area (Å²) >= 11 is 0. The number of carboxylic acids is 1. The van der Waals surface area contributed by atoms with Crippen LogP contribution in [0.5, 0.6) is 11.6 Å². The molecule has 0 aliphatic carbocycles. The summed E-state index contributed by atoms with van der Waals surface area (Å²) in [6, 6.07) is 12.3. The molecule has 3 rings (SSSR count). The quantitative estimate of drug-likeness (QED) is 0.776. The highest BCUT2D eigenvalue weighted by molar-refractivity contribution is 5.87. The maximum atomic E-state index is 11.3. The summed E-state index contributed by atoms with van der Waals surface area (Å²) in [6.45, 7) is 0. The molecule has 0 atom stereocenters. The van der Waals surface area contributed by atoms with Crippen LogP contribution in [0.3, 0.4) is 0 Å². The zero-order valence-corrected chi connectivity index (χ0v) is 13.1. The van der Waals surface area contributed by atoms with Gasteiger partial charge in [0, 0.05) is 11.6 Å². The third-order valence-corrected chi connectivity index (χ3v) is 3.47. The average Bonchev–Trinajstić information content (AvgIpc) is 3.07. The Bertz CT molecular complexity index is 872. The number of ether oxygens (including phenoxy) is 2. The van der Waals surface area contributed by atoms with Crippen molar-refractivity contribution in [3.63, 3.8) is 0 Å². The van der Waals surface area contributed by atoms with Crippen molar-refractivity contribution in [3.8, 4) is 28.6 Å². The molecule has 1 aromatic carbocycles. The molecule has 0 bridgehead atoms. The SMILES string of the molecule is COc1cccc(-c2cc(C(=O)O)nn2-c2ccc(OC)nc2)c1. The number of carboxylic acid groups (broad SMARTS) is 1. The number of hydrogen-bond donors (Lipinski definition) is 1. The minimum absolute atomic E-state index is 0.0522. The lowest BCUT2D eigenvalue weighted by atomic mass is 10.1. The summed E-state index contributed by atoms with van der Waals surface area (Å²) in [5, 5.41) is 13.4. The number of methoxy groups -OCH3 is 2. The van der Waals surface area contributed by atoms with Crippen LogP contribution in [0.4, 0.5) is 0 Å². The molecular weight excluding hydrogens is 310 g/mol. The smallest absolute Gasteiger partial charge is 0.356 e. The molecule has 24 heavy (non-hydrogen) atoms. The molecule has 0 spiro atoms. The summed E-state index contributed by atoms with van der Waals surface area (Å²) in [5.74, 6) is 0.0386. The third kappa shape index (κ3) is 2.91. The van der Waals surface area contributed by atoms with Gasteiger partial charge in [0.25, 0.3) is 0 Å². The fourth-order valence-electron chi connectivity index (χ4n) is 2.29. The molecule has 0 radical (unpaired) electrons. The van der Waals surface area contributed by atoms with Crippen molar-refractivity contribution >= 4 is 5.97 Å². The van der Waals surface area contributed by atoms with E-state index in [9.17, 15) is 9.90 Å². The van der Waals surface area contributed by atoms with Gasteiger partial charge in [-0.1, -0.05) is 12.1 Å². The first-order valence-electron chi connectivity index (χ1n) is 7.10. The van der Waals surface area contributed by atoms with Gasteiger partial charge in [-0.15, -0.1) is 0 Å². The minimum Gasteiger partial charge on any atom is -0.497 e. The van der Waals surface area contributed by atoms with Crippen LogP contribution < -0.4 is 9.47 Å². The van der Waals surface area contributed by atoms with Crippen molar-refractivity contribution in [1.82, 2.24) is 14.8 Å². The lowest BCUT2D eigenvalue weighted by molar-refractivity contribution is 0.0690. The molecular formula is C17H15N3O4. The van der Waals surface area contributed by atoms with Crippen molar-refractivity contribution in [3.05, 3.63) is 54.4 Å². The Labute approximate surface area is 138 Å². The predicted octanol–water partition coefficient (Wildman–Crippen LogP) is 2.65. The molecule has 1 N–H and O–H groups in total. The van der Waals surface area contributed by atoms with E-state index in [0.29, 0.717) is 23.0 Å². The van der Waals surface area contributed by atoms with Crippen LogP contribution in [0.2, 0.25) is 0 Å². The van der Waals surface area contributed by atoms with Crippen LogP contribution >= 0.6 is 0 Å². The molecule has 0 saturated carbocycles. The van der Waals surface area contributed by atoms with E-state index in [-0.39, 0.29) is 5.69 Å². The second kappa shape index (κ2) is 6.41. The molecule has 0 aliphatic rings. The summed E-state index contributed by atoms with van der Waals surface area (Å²) in [6.07, 6.45) is 1.57. The van der Waals surface area contributed by atoms with Crippen LogP contribution in [0.1, 0.15) is 10.5 Å². The zero-order chi connectivity index (χ0) is 17.1. The van der Waals surface area contributed by atoms with E-state index in [1.54, 1.807) is 25.4 Å². The molecule has 2 aromatic heterocycles. The van der Waals surface area contributed by atoms with Gasteiger partial charge in [-0.2, -0.15) is 5.10 Å². The number of pyridine rings is 1. The molecule has 7 nitrogen and oxygen atoms in total. The van der Waals surface area contributed by atoms with E-state index in [0.717, 1.165) is 5.56 Å². The van der Waals surface area contributed by atoms with Crippen LogP contribution in [-0.4, -0.2) is 40.1 Å². The lowest BCUT2D eigenvalue weighted by Gasteiger charge is -2.09. The second-order valence-electron chi connectivity index (χ2n) is 4.92. The van der Waals surface area contributed by atoms with Crippen LogP contribution in [0, 0.1) is 0 Å². The fraction of sp³-hybridized carbons (Fsp3) is 0.118. The van der Waals surface area contributed by atoms with Gasteiger partial charge in [-0.25, -0.2) is 14.5 Å². The van der Waals surface area contributed by atoms with E-state index in [4.69, 9.17) is 9.47 Å².